The summed E-state index contributed by atoms with van der Waals surface area (Å²) in [7, 11) is 0. The summed E-state index contributed by atoms with van der Waals surface area (Å²) in [6.07, 6.45) is 3.65. The van der Waals surface area contributed by atoms with Gasteiger partial charge in [-0.25, -0.2) is 0 Å². The highest BCUT2D eigenvalue weighted by Gasteiger charge is 2.17. The Balaban J connectivity index is 1.33. The van der Waals surface area contributed by atoms with E-state index in [-0.39, 0.29) is 0 Å². The molecule has 0 bridgehead atoms. The van der Waals surface area contributed by atoms with Crippen LogP contribution in [0.4, 0.5) is 34.1 Å². The molecule has 8 nitrogen and oxygen atoms in total. The molecular formula is C46H40N8. The van der Waals surface area contributed by atoms with Gasteiger partial charge in [-0.05, 0) is 95.1 Å². The van der Waals surface area contributed by atoms with Crippen molar-refractivity contribution in [3.8, 4) is 12.1 Å². The van der Waals surface area contributed by atoms with Crippen molar-refractivity contribution in [3.05, 3.63) is 180 Å². The van der Waals surface area contributed by atoms with E-state index in [1.807, 2.05) is 146 Å². The van der Waals surface area contributed by atoms with Crippen LogP contribution in [0, 0.1) is 22.7 Å². The van der Waals surface area contributed by atoms with Crippen molar-refractivity contribution in [2.45, 2.75) is 0 Å². The standard InChI is InChI=1S/C46H40N8/c47-27-29-51-33-35-11-19-41(20-12-35)54(42-21-13-36(14-22-42)34-52-30-28-48)44-25-17-38(18-26-44)46(32-50)45(31-49)37-15-23-43(24-16-37)53(39-7-3-1-4-8-39)40-9-5-2-6-10-40/h1-26,33-34H,27-30,47-48H2/b46-45+,51-33?,52-34?. The molecule has 0 unspecified atom stereocenters. The molecule has 0 aliphatic carbocycles. The van der Waals surface area contributed by atoms with E-state index in [0.29, 0.717) is 48.5 Å². The lowest BCUT2D eigenvalue weighted by Gasteiger charge is -2.26. The number of anilines is 6. The number of aliphatic imine (C=N–C) groups is 2. The van der Waals surface area contributed by atoms with Crippen LogP contribution in [0.1, 0.15) is 22.3 Å². The number of benzene rings is 6. The van der Waals surface area contributed by atoms with Crippen molar-refractivity contribution in [1.82, 2.24) is 0 Å². The molecule has 0 atom stereocenters. The first kappa shape index (κ1) is 36.7. The minimum absolute atomic E-state index is 0.300. The van der Waals surface area contributed by atoms with Crippen LogP contribution < -0.4 is 21.3 Å². The molecule has 6 aromatic carbocycles. The number of para-hydroxylation sites is 2. The number of hydrogen-bond donors (Lipinski definition) is 2. The Morgan fingerprint density at radius 2 is 0.741 bits per heavy atom. The molecule has 0 saturated carbocycles. The number of rotatable bonds is 14. The maximum absolute atomic E-state index is 10.4. The van der Waals surface area contributed by atoms with Gasteiger partial charge in [0.15, 0.2) is 0 Å². The fourth-order valence-corrected chi connectivity index (χ4v) is 6.04. The van der Waals surface area contributed by atoms with Crippen LogP contribution in [-0.4, -0.2) is 38.6 Å². The van der Waals surface area contributed by atoms with Crippen LogP contribution >= 0.6 is 0 Å². The molecule has 4 N–H and O–H groups in total. The molecule has 6 rings (SSSR count). The Morgan fingerprint density at radius 1 is 0.444 bits per heavy atom. The Hall–Kier alpha value is -7.10. The lowest BCUT2D eigenvalue weighted by Crippen LogP contribution is -2.10. The Kier molecular flexibility index (Phi) is 12.5. The molecule has 8 heteroatoms. The molecule has 0 aromatic heterocycles. The largest absolute Gasteiger partial charge is 0.329 e. The van der Waals surface area contributed by atoms with Gasteiger partial charge in [-0.1, -0.05) is 84.9 Å². The highest BCUT2D eigenvalue weighted by molar-refractivity contribution is 6.03. The van der Waals surface area contributed by atoms with Gasteiger partial charge < -0.3 is 21.3 Å². The topological polar surface area (TPSA) is 131 Å². The Bertz CT molecular complexity index is 2180. The molecule has 6 aromatic rings. The van der Waals surface area contributed by atoms with Gasteiger partial charge in [0.25, 0.3) is 0 Å². The van der Waals surface area contributed by atoms with Gasteiger partial charge >= 0.3 is 0 Å². The normalized spacial score (nSPS) is 11.6. The number of allylic oxidation sites excluding steroid dienone is 2. The molecule has 0 spiro atoms. The smallest absolute Gasteiger partial charge is 0.101 e. The summed E-state index contributed by atoms with van der Waals surface area (Å²) in [4.78, 5) is 13.0. The van der Waals surface area contributed by atoms with E-state index in [9.17, 15) is 10.5 Å². The lowest BCUT2D eigenvalue weighted by molar-refractivity contribution is 0.980. The quantitative estimate of drug-likeness (QED) is 0.0660. The van der Waals surface area contributed by atoms with Crippen molar-refractivity contribution in [1.29, 1.82) is 10.5 Å². The first-order valence-electron chi connectivity index (χ1n) is 17.7. The molecule has 54 heavy (non-hydrogen) atoms. The molecule has 0 radical (unpaired) electrons. The van der Waals surface area contributed by atoms with Crippen LogP contribution in [0.15, 0.2) is 168 Å². The van der Waals surface area contributed by atoms with Crippen molar-refractivity contribution < 1.29 is 0 Å². The van der Waals surface area contributed by atoms with Gasteiger partial charge in [0, 0.05) is 59.6 Å². The van der Waals surface area contributed by atoms with Crippen molar-refractivity contribution in [3.63, 3.8) is 0 Å². The maximum atomic E-state index is 10.4. The number of nitrogens with zero attached hydrogens (tertiary/aromatic N) is 6. The molecular weight excluding hydrogens is 665 g/mol. The van der Waals surface area contributed by atoms with Gasteiger partial charge in [0.1, 0.15) is 12.1 Å². The minimum Gasteiger partial charge on any atom is -0.329 e. The third kappa shape index (κ3) is 8.85. The summed E-state index contributed by atoms with van der Waals surface area (Å²) >= 11 is 0. The fraction of sp³-hybridized carbons (Fsp3) is 0.0870. The van der Waals surface area contributed by atoms with E-state index in [1.54, 1.807) is 0 Å². The monoisotopic (exact) mass is 704 g/mol. The van der Waals surface area contributed by atoms with Gasteiger partial charge in [-0.2, -0.15) is 10.5 Å². The summed E-state index contributed by atoms with van der Waals surface area (Å²) in [6, 6.07) is 56.6. The van der Waals surface area contributed by atoms with Gasteiger partial charge in [-0.15, -0.1) is 0 Å². The van der Waals surface area contributed by atoms with Crippen LogP contribution in [0.2, 0.25) is 0 Å². The van der Waals surface area contributed by atoms with Gasteiger partial charge in [-0.3, -0.25) is 9.98 Å². The number of nitriles is 2. The van der Waals surface area contributed by atoms with E-state index < -0.39 is 0 Å². The fourth-order valence-electron chi connectivity index (χ4n) is 6.04. The van der Waals surface area contributed by atoms with Crippen molar-refractivity contribution in [2.75, 3.05) is 36.0 Å². The van der Waals surface area contributed by atoms with Crippen molar-refractivity contribution >= 4 is 57.7 Å². The average Bonchev–Trinajstić information content (AvgIpc) is 3.23. The number of hydrogen-bond acceptors (Lipinski definition) is 8. The highest BCUT2D eigenvalue weighted by atomic mass is 15.1. The predicted octanol–water partition coefficient (Wildman–Crippen LogP) is 9.34. The second-order valence-corrected chi connectivity index (χ2v) is 12.2. The molecule has 0 heterocycles. The van der Waals surface area contributed by atoms with E-state index in [2.05, 4.69) is 56.2 Å². The number of nitrogens with two attached hydrogens (primary N) is 2. The van der Waals surface area contributed by atoms with E-state index in [4.69, 9.17) is 11.5 Å². The molecule has 0 amide bonds. The van der Waals surface area contributed by atoms with E-state index >= 15 is 0 Å². The molecule has 0 aliphatic rings. The van der Waals surface area contributed by atoms with Crippen LogP contribution in [-0.2, 0) is 0 Å². The second kappa shape index (κ2) is 18.4. The SMILES string of the molecule is N#C/C(=C(/C#N)c1ccc(N(c2ccc(C=NCCN)cc2)c2ccc(C=NCCN)cc2)cc1)c1ccc(N(c2ccccc2)c2ccccc2)cc1. The molecule has 264 valence electrons. The molecule has 0 saturated heterocycles. The summed E-state index contributed by atoms with van der Waals surface area (Å²) in [5, 5.41) is 20.8. The zero-order chi connectivity index (χ0) is 37.5. The molecule has 0 aliphatic heterocycles. The molecule has 0 fully saturated rings. The highest BCUT2D eigenvalue weighted by Crippen LogP contribution is 2.38. The predicted molar refractivity (Wildman–Crippen MR) is 223 cm³/mol. The first-order valence-corrected chi connectivity index (χ1v) is 17.7. The maximum Gasteiger partial charge on any atom is 0.101 e. The minimum atomic E-state index is 0.300. The average molecular weight is 705 g/mol. The third-order valence-corrected chi connectivity index (χ3v) is 8.63. The first-order chi connectivity index (χ1) is 26.6. The zero-order valence-electron chi connectivity index (χ0n) is 29.8. The third-order valence-electron chi connectivity index (χ3n) is 8.63. The lowest BCUT2D eigenvalue weighted by atomic mass is 9.95. The van der Waals surface area contributed by atoms with Gasteiger partial charge in [0.2, 0.25) is 0 Å². The summed E-state index contributed by atoms with van der Waals surface area (Å²) < 4.78 is 0. The summed E-state index contributed by atoms with van der Waals surface area (Å²) in [5.41, 5.74) is 20.8. The van der Waals surface area contributed by atoms with Crippen LogP contribution in [0.5, 0.6) is 0 Å². The van der Waals surface area contributed by atoms with Crippen LogP contribution in [0.3, 0.4) is 0 Å². The summed E-state index contributed by atoms with van der Waals surface area (Å²) in [5.74, 6) is 0. The Morgan fingerprint density at radius 3 is 1.04 bits per heavy atom. The van der Waals surface area contributed by atoms with Crippen molar-refractivity contribution in [2.24, 2.45) is 21.5 Å². The second-order valence-electron chi connectivity index (χ2n) is 12.2. The van der Waals surface area contributed by atoms with Gasteiger partial charge in [0.05, 0.1) is 24.2 Å². The van der Waals surface area contributed by atoms with Crippen LogP contribution in [0.25, 0.3) is 11.1 Å². The summed E-state index contributed by atoms with van der Waals surface area (Å²) in [6.45, 7) is 2.14. The Labute approximate surface area is 316 Å². The van der Waals surface area contributed by atoms with E-state index in [0.717, 1.165) is 45.3 Å². The zero-order valence-corrected chi connectivity index (χ0v) is 29.8. The van der Waals surface area contributed by atoms with E-state index in [1.165, 1.54) is 0 Å².